The summed E-state index contributed by atoms with van der Waals surface area (Å²) in [6, 6.07) is 15.6. The molecule has 0 aliphatic carbocycles. The predicted molar refractivity (Wildman–Crippen MR) is 87.8 cm³/mol. The van der Waals surface area contributed by atoms with Gasteiger partial charge in [0.1, 0.15) is 5.75 Å². The van der Waals surface area contributed by atoms with E-state index in [0.717, 1.165) is 23.7 Å². The molecule has 4 heteroatoms. The van der Waals surface area contributed by atoms with Crippen molar-refractivity contribution in [2.45, 2.75) is 6.42 Å². The van der Waals surface area contributed by atoms with Crippen LogP contribution in [0.3, 0.4) is 0 Å². The molecule has 0 unspecified atom stereocenters. The van der Waals surface area contributed by atoms with Crippen molar-refractivity contribution in [1.29, 1.82) is 0 Å². The monoisotopic (exact) mass is 384 g/mol. The van der Waals surface area contributed by atoms with Crippen LogP contribution in [-0.4, -0.2) is 20.3 Å². The van der Waals surface area contributed by atoms with Crippen molar-refractivity contribution in [1.82, 2.24) is 0 Å². The van der Waals surface area contributed by atoms with Crippen LogP contribution in [0.25, 0.3) is 0 Å². The standard InChI is InChI=1S/C16H17IO3/c1-18-15-5-2-3-6-16(15)20-12-4-11-19-14-9-7-13(17)8-10-14/h2-3,5-10H,4,11-12H2,1H3. The predicted octanol–water partition coefficient (Wildman–Crippen LogP) is 4.15. The summed E-state index contributed by atoms with van der Waals surface area (Å²) in [5.41, 5.74) is 0. The zero-order valence-corrected chi connectivity index (χ0v) is 13.5. The van der Waals surface area contributed by atoms with Gasteiger partial charge >= 0.3 is 0 Å². The maximum atomic E-state index is 5.68. The molecule has 3 nitrogen and oxygen atoms in total. The van der Waals surface area contributed by atoms with E-state index in [1.54, 1.807) is 7.11 Å². The first-order valence-electron chi connectivity index (χ1n) is 6.44. The lowest BCUT2D eigenvalue weighted by Gasteiger charge is -2.10. The lowest BCUT2D eigenvalue weighted by Crippen LogP contribution is -2.05. The molecule has 0 bridgehead atoms. The SMILES string of the molecule is COc1ccccc1OCCCOc1ccc(I)cc1. The molecule has 0 aliphatic heterocycles. The van der Waals surface area contributed by atoms with E-state index < -0.39 is 0 Å². The Morgan fingerprint density at radius 3 is 2.20 bits per heavy atom. The van der Waals surface area contributed by atoms with E-state index in [1.807, 2.05) is 48.5 Å². The summed E-state index contributed by atoms with van der Waals surface area (Å²) < 4.78 is 17.7. The van der Waals surface area contributed by atoms with Gasteiger partial charge in [-0.15, -0.1) is 0 Å². The molecule has 0 saturated heterocycles. The average molecular weight is 384 g/mol. The molecule has 0 radical (unpaired) electrons. The summed E-state index contributed by atoms with van der Waals surface area (Å²) in [5, 5.41) is 0. The van der Waals surface area contributed by atoms with E-state index in [-0.39, 0.29) is 0 Å². The molecule has 2 aromatic rings. The number of hydrogen-bond acceptors (Lipinski definition) is 3. The van der Waals surface area contributed by atoms with E-state index in [0.29, 0.717) is 13.2 Å². The van der Waals surface area contributed by atoms with Crippen LogP contribution in [0.1, 0.15) is 6.42 Å². The van der Waals surface area contributed by atoms with Gasteiger partial charge in [-0.2, -0.15) is 0 Å². The summed E-state index contributed by atoms with van der Waals surface area (Å²) in [4.78, 5) is 0. The van der Waals surface area contributed by atoms with Crippen LogP contribution in [0.15, 0.2) is 48.5 Å². The Morgan fingerprint density at radius 1 is 0.850 bits per heavy atom. The van der Waals surface area contributed by atoms with Crippen LogP contribution in [-0.2, 0) is 0 Å². The smallest absolute Gasteiger partial charge is 0.161 e. The molecule has 0 heterocycles. The van der Waals surface area contributed by atoms with Gasteiger partial charge < -0.3 is 14.2 Å². The Bertz CT molecular complexity index is 526. The number of halogens is 1. The normalized spacial score (nSPS) is 10.1. The van der Waals surface area contributed by atoms with Crippen molar-refractivity contribution in [3.63, 3.8) is 0 Å². The third kappa shape index (κ3) is 4.59. The van der Waals surface area contributed by atoms with Crippen molar-refractivity contribution < 1.29 is 14.2 Å². The van der Waals surface area contributed by atoms with Crippen molar-refractivity contribution in [2.75, 3.05) is 20.3 Å². The third-order valence-electron chi connectivity index (χ3n) is 2.70. The minimum atomic E-state index is 0.602. The number of ether oxygens (including phenoxy) is 3. The molecule has 0 saturated carbocycles. The first kappa shape index (κ1) is 15.0. The molecule has 0 N–H and O–H groups in total. The lowest BCUT2D eigenvalue weighted by molar-refractivity contribution is 0.240. The molecule has 0 amide bonds. The fraction of sp³-hybridized carbons (Fsp3) is 0.250. The molecular weight excluding hydrogens is 367 g/mol. The van der Waals surface area contributed by atoms with Crippen LogP contribution in [0.4, 0.5) is 0 Å². The Morgan fingerprint density at radius 2 is 1.50 bits per heavy atom. The van der Waals surface area contributed by atoms with Gasteiger partial charge in [0.15, 0.2) is 11.5 Å². The quantitative estimate of drug-likeness (QED) is 0.530. The number of benzene rings is 2. The molecule has 0 aromatic heterocycles. The van der Waals surface area contributed by atoms with Crippen LogP contribution in [0.5, 0.6) is 17.2 Å². The number of methoxy groups -OCH3 is 1. The lowest BCUT2D eigenvalue weighted by atomic mass is 10.3. The van der Waals surface area contributed by atoms with Crippen LogP contribution >= 0.6 is 22.6 Å². The van der Waals surface area contributed by atoms with Gasteiger partial charge in [0.2, 0.25) is 0 Å². The fourth-order valence-corrected chi connectivity index (χ4v) is 2.06. The Balaban J connectivity index is 1.70. The first-order valence-corrected chi connectivity index (χ1v) is 7.51. The van der Waals surface area contributed by atoms with Crippen molar-refractivity contribution in [3.8, 4) is 17.2 Å². The Labute approximate surface area is 133 Å². The van der Waals surface area contributed by atoms with Crippen molar-refractivity contribution in [3.05, 3.63) is 52.1 Å². The van der Waals surface area contributed by atoms with Gasteiger partial charge in [-0.1, -0.05) is 12.1 Å². The average Bonchev–Trinajstić information content (AvgIpc) is 2.49. The summed E-state index contributed by atoms with van der Waals surface area (Å²) in [7, 11) is 1.64. The van der Waals surface area contributed by atoms with Crippen LogP contribution in [0, 0.1) is 3.57 Å². The zero-order valence-electron chi connectivity index (χ0n) is 11.3. The van der Waals surface area contributed by atoms with Gasteiger partial charge in [0, 0.05) is 9.99 Å². The Kier molecular flexibility index (Phi) is 5.98. The van der Waals surface area contributed by atoms with E-state index in [2.05, 4.69) is 22.6 Å². The molecular formula is C16H17IO3. The van der Waals surface area contributed by atoms with E-state index in [4.69, 9.17) is 14.2 Å². The highest BCUT2D eigenvalue weighted by Gasteiger charge is 2.02. The minimum Gasteiger partial charge on any atom is -0.493 e. The second-order valence-corrected chi connectivity index (χ2v) is 5.40. The highest BCUT2D eigenvalue weighted by atomic mass is 127. The van der Waals surface area contributed by atoms with E-state index in [9.17, 15) is 0 Å². The summed E-state index contributed by atoms with van der Waals surface area (Å²) in [6.07, 6.45) is 0.823. The molecule has 0 atom stereocenters. The maximum absolute atomic E-state index is 5.68. The van der Waals surface area contributed by atoms with Crippen molar-refractivity contribution >= 4 is 22.6 Å². The third-order valence-corrected chi connectivity index (χ3v) is 3.42. The molecule has 106 valence electrons. The van der Waals surface area contributed by atoms with Gasteiger partial charge in [0.25, 0.3) is 0 Å². The molecule has 0 aliphatic rings. The second-order valence-electron chi connectivity index (χ2n) is 4.16. The van der Waals surface area contributed by atoms with Gasteiger partial charge in [-0.25, -0.2) is 0 Å². The number of rotatable bonds is 7. The fourth-order valence-electron chi connectivity index (χ4n) is 1.70. The molecule has 2 rings (SSSR count). The molecule has 2 aromatic carbocycles. The van der Waals surface area contributed by atoms with E-state index >= 15 is 0 Å². The van der Waals surface area contributed by atoms with E-state index in [1.165, 1.54) is 3.57 Å². The number of para-hydroxylation sites is 2. The highest BCUT2D eigenvalue weighted by Crippen LogP contribution is 2.25. The van der Waals surface area contributed by atoms with Crippen molar-refractivity contribution in [2.24, 2.45) is 0 Å². The van der Waals surface area contributed by atoms with Gasteiger partial charge in [-0.05, 0) is 59.0 Å². The summed E-state index contributed by atoms with van der Waals surface area (Å²) >= 11 is 2.27. The largest absolute Gasteiger partial charge is 0.493 e. The zero-order chi connectivity index (χ0) is 14.2. The van der Waals surface area contributed by atoms with Crippen LogP contribution < -0.4 is 14.2 Å². The van der Waals surface area contributed by atoms with Crippen LogP contribution in [0.2, 0.25) is 0 Å². The maximum Gasteiger partial charge on any atom is 0.161 e. The Hall–Kier alpha value is -1.43. The molecule has 0 spiro atoms. The number of hydrogen-bond donors (Lipinski definition) is 0. The van der Waals surface area contributed by atoms with Gasteiger partial charge in [0.05, 0.1) is 20.3 Å². The summed E-state index contributed by atoms with van der Waals surface area (Å²) in [6.45, 7) is 1.24. The summed E-state index contributed by atoms with van der Waals surface area (Å²) in [5.74, 6) is 2.41. The molecule has 20 heavy (non-hydrogen) atoms. The second kappa shape index (κ2) is 7.99. The minimum absolute atomic E-state index is 0.602. The van der Waals surface area contributed by atoms with Gasteiger partial charge in [-0.3, -0.25) is 0 Å². The topological polar surface area (TPSA) is 27.7 Å². The highest BCUT2D eigenvalue weighted by molar-refractivity contribution is 14.1. The molecule has 0 fully saturated rings. The first-order chi connectivity index (χ1) is 9.79.